The molecule has 152 valence electrons. The molecule has 5 nitrogen and oxygen atoms in total. The summed E-state index contributed by atoms with van der Waals surface area (Å²) in [5.74, 6) is -0.493. The lowest BCUT2D eigenvalue weighted by molar-refractivity contribution is -0.166. The molecule has 3 atom stereocenters. The third-order valence-corrected chi connectivity index (χ3v) is 11.3. The summed E-state index contributed by atoms with van der Waals surface area (Å²) < 4.78 is 26.0. The van der Waals surface area contributed by atoms with Gasteiger partial charge in [-0.3, -0.25) is 4.79 Å². The maximum atomic E-state index is 14.3. The first-order valence-corrected chi connectivity index (χ1v) is 11.7. The van der Waals surface area contributed by atoms with Crippen LogP contribution in [0.15, 0.2) is 0 Å². The number of rotatable bonds is 6. The van der Waals surface area contributed by atoms with Gasteiger partial charge < -0.3 is 9.16 Å². The Kier molecular flexibility index (Phi) is 7.07. The van der Waals surface area contributed by atoms with Crippen LogP contribution >= 0.6 is 0 Å². The van der Waals surface area contributed by atoms with Crippen LogP contribution in [0.2, 0.25) is 16.6 Å². The van der Waals surface area contributed by atoms with Crippen molar-refractivity contribution in [3.63, 3.8) is 0 Å². The minimum Gasteiger partial charge on any atom is -0.443 e. The van der Waals surface area contributed by atoms with Crippen molar-refractivity contribution in [2.75, 3.05) is 0 Å². The predicted molar refractivity (Wildman–Crippen MR) is 103 cm³/mol. The fraction of sp³-hybridized carbons (Fsp3) is 0.895. The number of hydrogen-bond acceptors (Lipinski definition) is 4. The van der Waals surface area contributed by atoms with E-state index in [0.29, 0.717) is 0 Å². The van der Waals surface area contributed by atoms with Crippen LogP contribution in [0, 0.1) is 0 Å². The third-order valence-electron chi connectivity index (χ3n) is 5.19. The second kappa shape index (κ2) is 7.96. The van der Waals surface area contributed by atoms with Gasteiger partial charge in [-0.25, -0.2) is 14.1 Å². The summed E-state index contributed by atoms with van der Waals surface area (Å²) in [4.78, 5) is 25.9. The summed E-state index contributed by atoms with van der Waals surface area (Å²) in [5, 5.41) is 0. The predicted octanol–water partition coefficient (Wildman–Crippen LogP) is 5.05. The minimum atomic E-state index is -2.37. The molecule has 2 amide bonds. The SMILES string of the molecule is CC(C)[Si](O[C@H]1C(=O)N(C(=O)OC(C)(C)C)[C@H]1[C@H](C)F)(C(C)C)C(C)C. The first-order chi connectivity index (χ1) is 11.7. The number of likely N-dealkylation sites (tertiary alicyclic amines) is 1. The van der Waals surface area contributed by atoms with Crippen LogP contribution in [-0.4, -0.2) is 49.1 Å². The van der Waals surface area contributed by atoms with Gasteiger partial charge in [-0.15, -0.1) is 0 Å². The zero-order valence-electron chi connectivity index (χ0n) is 17.9. The molecule has 0 unspecified atom stereocenters. The van der Waals surface area contributed by atoms with E-state index in [2.05, 4.69) is 41.5 Å². The highest BCUT2D eigenvalue weighted by Gasteiger charge is 2.59. The van der Waals surface area contributed by atoms with Gasteiger partial charge in [-0.05, 0) is 44.3 Å². The summed E-state index contributed by atoms with van der Waals surface area (Å²) >= 11 is 0. The Morgan fingerprint density at radius 2 is 1.46 bits per heavy atom. The van der Waals surface area contributed by atoms with Gasteiger partial charge in [-0.2, -0.15) is 0 Å². The molecule has 1 rings (SSSR count). The van der Waals surface area contributed by atoms with Crippen molar-refractivity contribution < 1.29 is 23.1 Å². The second-order valence-electron chi connectivity index (χ2n) is 9.21. The van der Waals surface area contributed by atoms with Gasteiger partial charge >= 0.3 is 6.09 Å². The van der Waals surface area contributed by atoms with Crippen LogP contribution in [0.4, 0.5) is 9.18 Å². The van der Waals surface area contributed by atoms with Crippen molar-refractivity contribution >= 4 is 20.3 Å². The maximum absolute atomic E-state index is 14.3. The Bertz CT molecular complexity index is 506. The molecule has 0 aromatic carbocycles. The van der Waals surface area contributed by atoms with Crippen molar-refractivity contribution in [3.8, 4) is 0 Å². The highest BCUT2D eigenvalue weighted by molar-refractivity contribution is 6.77. The normalized spacial score (nSPS) is 22.8. The third kappa shape index (κ3) is 4.30. The number of amides is 2. The average Bonchev–Trinajstić information content (AvgIpc) is 2.41. The average molecular weight is 390 g/mol. The van der Waals surface area contributed by atoms with Crippen molar-refractivity contribution in [3.05, 3.63) is 0 Å². The molecular formula is C19H36FNO4Si. The zero-order chi connectivity index (χ0) is 20.6. The number of imide groups is 1. The highest BCUT2D eigenvalue weighted by Crippen LogP contribution is 2.45. The first-order valence-electron chi connectivity index (χ1n) is 9.54. The number of nitrogens with zero attached hydrogens (tertiary/aromatic N) is 1. The van der Waals surface area contributed by atoms with Crippen LogP contribution in [0.25, 0.3) is 0 Å². The lowest BCUT2D eigenvalue weighted by Crippen LogP contribution is -2.73. The number of halogens is 1. The zero-order valence-corrected chi connectivity index (χ0v) is 18.9. The molecule has 0 aromatic rings. The summed E-state index contributed by atoms with van der Waals surface area (Å²) in [6.45, 7) is 19.1. The van der Waals surface area contributed by atoms with Crippen LogP contribution < -0.4 is 0 Å². The van der Waals surface area contributed by atoms with Gasteiger partial charge in [0.15, 0.2) is 0 Å². The summed E-state index contributed by atoms with van der Waals surface area (Å²) in [6, 6.07) is -0.930. The van der Waals surface area contributed by atoms with Crippen LogP contribution in [-0.2, 0) is 14.0 Å². The summed E-state index contributed by atoms with van der Waals surface area (Å²) in [7, 11) is -2.37. The quantitative estimate of drug-likeness (QED) is 0.471. The maximum Gasteiger partial charge on any atom is 0.417 e. The van der Waals surface area contributed by atoms with E-state index in [1.807, 2.05) is 0 Å². The number of carbonyl (C=O) groups excluding carboxylic acids is 2. The molecule has 0 bridgehead atoms. The van der Waals surface area contributed by atoms with E-state index in [-0.39, 0.29) is 16.6 Å². The minimum absolute atomic E-state index is 0.265. The Morgan fingerprint density at radius 1 is 1.04 bits per heavy atom. The lowest BCUT2D eigenvalue weighted by Gasteiger charge is -2.52. The van der Waals surface area contributed by atoms with Gasteiger partial charge in [0.1, 0.15) is 23.9 Å². The number of hydrogen-bond donors (Lipinski definition) is 0. The Morgan fingerprint density at radius 3 is 1.77 bits per heavy atom. The molecule has 0 aromatic heterocycles. The molecule has 0 radical (unpaired) electrons. The number of β-lactam (4-membered cyclic amide) rings is 1. The lowest BCUT2D eigenvalue weighted by atomic mass is 9.95. The number of alkyl halides is 1. The molecule has 1 fully saturated rings. The van der Waals surface area contributed by atoms with Gasteiger partial charge in [0.2, 0.25) is 8.32 Å². The van der Waals surface area contributed by atoms with Gasteiger partial charge in [-0.1, -0.05) is 41.5 Å². The first kappa shape index (κ1) is 23.1. The Balaban J connectivity index is 3.14. The standard InChI is InChI=1S/C19H36FNO4Si/c1-11(2)26(12(3)4,13(5)6)25-16-15(14(7)20)21(17(16)22)18(23)24-19(8,9)10/h11-16H,1-10H3/t14-,15-,16+/m0/s1. The summed E-state index contributed by atoms with van der Waals surface area (Å²) in [5.41, 5.74) is 0.0454. The van der Waals surface area contributed by atoms with Gasteiger partial charge in [0, 0.05) is 0 Å². The molecule has 0 saturated carbocycles. The van der Waals surface area contributed by atoms with Crippen molar-refractivity contribution in [1.82, 2.24) is 4.90 Å². The molecule has 1 heterocycles. The van der Waals surface area contributed by atoms with E-state index in [1.54, 1.807) is 20.8 Å². The molecule has 1 aliphatic heterocycles. The molecule has 0 N–H and O–H groups in total. The molecule has 26 heavy (non-hydrogen) atoms. The van der Waals surface area contributed by atoms with E-state index < -0.39 is 44.2 Å². The molecule has 0 spiro atoms. The van der Waals surface area contributed by atoms with E-state index in [9.17, 15) is 14.0 Å². The Hall–Kier alpha value is -0.953. The van der Waals surface area contributed by atoms with Crippen LogP contribution in [0.3, 0.4) is 0 Å². The summed E-state index contributed by atoms with van der Waals surface area (Å²) in [6.07, 6.45) is -3.10. The fourth-order valence-corrected chi connectivity index (χ4v) is 9.70. The molecule has 1 saturated heterocycles. The fourth-order valence-electron chi connectivity index (χ4n) is 4.20. The van der Waals surface area contributed by atoms with Crippen molar-refractivity contribution in [2.24, 2.45) is 0 Å². The van der Waals surface area contributed by atoms with Crippen LogP contribution in [0.5, 0.6) is 0 Å². The monoisotopic (exact) mass is 389 g/mol. The second-order valence-corrected chi connectivity index (χ2v) is 14.6. The van der Waals surface area contributed by atoms with Gasteiger partial charge in [0.25, 0.3) is 5.91 Å². The smallest absolute Gasteiger partial charge is 0.417 e. The van der Waals surface area contributed by atoms with E-state index in [4.69, 9.17) is 9.16 Å². The number of ether oxygens (including phenoxy) is 1. The molecule has 1 aliphatic rings. The highest BCUT2D eigenvalue weighted by atomic mass is 28.4. The largest absolute Gasteiger partial charge is 0.443 e. The number of carbonyl (C=O) groups is 2. The topological polar surface area (TPSA) is 55.8 Å². The van der Waals surface area contributed by atoms with E-state index in [1.165, 1.54) is 6.92 Å². The molecule has 0 aliphatic carbocycles. The van der Waals surface area contributed by atoms with Gasteiger partial charge in [0.05, 0.1) is 0 Å². The molecular weight excluding hydrogens is 353 g/mol. The Labute approximate surface area is 158 Å². The van der Waals surface area contributed by atoms with Crippen molar-refractivity contribution in [1.29, 1.82) is 0 Å². The van der Waals surface area contributed by atoms with E-state index in [0.717, 1.165) is 4.90 Å². The van der Waals surface area contributed by atoms with E-state index >= 15 is 0 Å². The van der Waals surface area contributed by atoms with Crippen LogP contribution in [0.1, 0.15) is 69.2 Å². The molecule has 7 heteroatoms. The van der Waals surface area contributed by atoms with Crippen molar-refractivity contribution in [2.45, 2.75) is 110 Å².